The Labute approximate surface area is 115 Å². The highest BCUT2D eigenvalue weighted by molar-refractivity contribution is 5.19. The first-order valence-corrected chi connectivity index (χ1v) is 7.08. The van der Waals surface area contributed by atoms with Gasteiger partial charge in [-0.1, -0.05) is 0 Å². The zero-order chi connectivity index (χ0) is 13.8. The average molecular weight is 267 g/mol. The molecule has 1 saturated heterocycles. The minimum absolute atomic E-state index is 0.275. The van der Waals surface area contributed by atoms with Gasteiger partial charge in [0.15, 0.2) is 0 Å². The van der Waals surface area contributed by atoms with Gasteiger partial charge in [0.2, 0.25) is 0 Å². The Balaban J connectivity index is 1.86. The molecule has 0 radical (unpaired) electrons. The van der Waals surface area contributed by atoms with E-state index in [0.29, 0.717) is 6.61 Å². The second kappa shape index (κ2) is 6.55. The Hall–Kier alpha value is -0.840. The van der Waals surface area contributed by atoms with Crippen molar-refractivity contribution in [2.45, 2.75) is 65.1 Å². The average Bonchev–Trinajstić information content (AvgIpc) is 2.67. The van der Waals surface area contributed by atoms with Crippen molar-refractivity contribution in [3.63, 3.8) is 0 Å². The third kappa shape index (κ3) is 4.06. The highest BCUT2D eigenvalue weighted by Gasteiger charge is 2.25. The molecule has 4 nitrogen and oxygen atoms in total. The van der Waals surface area contributed by atoms with Gasteiger partial charge in [0.1, 0.15) is 18.1 Å². The molecule has 1 aliphatic rings. The van der Waals surface area contributed by atoms with Crippen molar-refractivity contribution >= 4 is 0 Å². The van der Waals surface area contributed by atoms with Crippen LogP contribution in [0.3, 0.4) is 0 Å². The molecular weight excluding hydrogens is 242 g/mol. The minimum Gasteiger partial charge on any atom is -0.462 e. The van der Waals surface area contributed by atoms with E-state index >= 15 is 0 Å². The highest BCUT2D eigenvalue weighted by Crippen LogP contribution is 2.23. The number of rotatable bonds is 5. The summed E-state index contributed by atoms with van der Waals surface area (Å²) in [6.07, 6.45) is 2.77. The molecule has 0 bridgehead atoms. The quantitative estimate of drug-likeness (QED) is 0.891. The van der Waals surface area contributed by atoms with Crippen molar-refractivity contribution in [2.24, 2.45) is 0 Å². The predicted molar refractivity (Wildman–Crippen MR) is 74.0 cm³/mol. The van der Waals surface area contributed by atoms with E-state index in [0.717, 1.165) is 30.9 Å². The van der Waals surface area contributed by atoms with Crippen LogP contribution in [0.1, 0.15) is 43.8 Å². The van der Waals surface area contributed by atoms with Gasteiger partial charge in [-0.25, -0.2) is 0 Å². The summed E-state index contributed by atoms with van der Waals surface area (Å²) < 4.78 is 17.5. The second-order valence-electron chi connectivity index (χ2n) is 5.51. The molecule has 0 amide bonds. The molecule has 0 aliphatic carbocycles. The normalized spacial score (nSPS) is 27.7. The number of aryl methyl sites for hydroxylation is 1. The van der Waals surface area contributed by atoms with Gasteiger partial charge in [-0.2, -0.15) is 0 Å². The zero-order valence-electron chi connectivity index (χ0n) is 12.4. The highest BCUT2D eigenvalue weighted by atomic mass is 16.5. The molecule has 0 spiro atoms. The lowest BCUT2D eigenvalue weighted by Crippen LogP contribution is -2.33. The van der Waals surface area contributed by atoms with Gasteiger partial charge in [0, 0.05) is 0 Å². The Morgan fingerprint density at radius 3 is 2.63 bits per heavy atom. The lowest BCUT2D eigenvalue weighted by atomic mass is 10.0. The molecule has 108 valence electrons. The van der Waals surface area contributed by atoms with Crippen LogP contribution in [-0.2, 0) is 22.6 Å². The second-order valence-corrected chi connectivity index (χ2v) is 5.51. The van der Waals surface area contributed by atoms with Crippen LogP contribution in [-0.4, -0.2) is 25.4 Å². The summed E-state index contributed by atoms with van der Waals surface area (Å²) in [7, 11) is 1.92. The molecule has 2 unspecified atom stereocenters. The van der Waals surface area contributed by atoms with E-state index in [2.05, 4.69) is 32.2 Å². The van der Waals surface area contributed by atoms with Crippen molar-refractivity contribution < 1.29 is 13.9 Å². The number of hydrogen-bond donors (Lipinski definition) is 1. The van der Waals surface area contributed by atoms with Crippen LogP contribution in [0.25, 0.3) is 0 Å². The van der Waals surface area contributed by atoms with E-state index in [1.807, 2.05) is 7.05 Å². The molecule has 19 heavy (non-hydrogen) atoms. The van der Waals surface area contributed by atoms with Gasteiger partial charge in [-0.15, -0.1) is 0 Å². The van der Waals surface area contributed by atoms with Gasteiger partial charge in [-0.3, -0.25) is 0 Å². The molecular formula is C15H25NO3. The van der Waals surface area contributed by atoms with Crippen LogP contribution < -0.4 is 5.32 Å². The fourth-order valence-corrected chi connectivity index (χ4v) is 2.68. The molecule has 1 aromatic rings. The fraction of sp³-hybridized carbons (Fsp3) is 0.733. The van der Waals surface area contributed by atoms with Gasteiger partial charge in [-0.05, 0) is 52.3 Å². The lowest BCUT2D eigenvalue weighted by Gasteiger charge is -2.31. The lowest BCUT2D eigenvalue weighted by molar-refractivity contribution is -0.108. The molecule has 1 N–H and O–H groups in total. The SMILES string of the molecule is CNCc1oc(COC2CC(C)OC(C)C2)cc1C. The van der Waals surface area contributed by atoms with Gasteiger partial charge in [0.25, 0.3) is 0 Å². The van der Waals surface area contributed by atoms with Gasteiger partial charge >= 0.3 is 0 Å². The number of hydrogen-bond acceptors (Lipinski definition) is 4. The largest absolute Gasteiger partial charge is 0.462 e. The van der Waals surface area contributed by atoms with Gasteiger partial charge in [0.05, 0.1) is 24.9 Å². The summed E-state index contributed by atoms with van der Waals surface area (Å²) in [6.45, 7) is 7.59. The Morgan fingerprint density at radius 1 is 1.32 bits per heavy atom. The third-order valence-corrected chi connectivity index (χ3v) is 3.52. The minimum atomic E-state index is 0.275. The Kier molecular flexibility index (Phi) is 5.02. The van der Waals surface area contributed by atoms with Crippen molar-refractivity contribution in [1.29, 1.82) is 0 Å². The molecule has 2 heterocycles. The predicted octanol–water partition coefficient (Wildman–Crippen LogP) is 2.78. The van der Waals surface area contributed by atoms with Crippen LogP contribution in [0, 0.1) is 6.92 Å². The summed E-state index contributed by atoms with van der Waals surface area (Å²) in [4.78, 5) is 0. The summed E-state index contributed by atoms with van der Waals surface area (Å²) in [5.74, 6) is 1.91. The maximum absolute atomic E-state index is 5.96. The van der Waals surface area contributed by atoms with Crippen LogP contribution in [0.4, 0.5) is 0 Å². The molecule has 2 rings (SSSR count). The fourth-order valence-electron chi connectivity index (χ4n) is 2.68. The van der Waals surface area contributed by atoms with Crippen molar-refractivity contribution in [1.82, 2.24) is 5.32 Å². The molecule has 1 aromatic heterocycles. The van der Waals surface area contributed by atoms with Crippen LogP contribution in [0.2, 0.25) is 0 Å². The maximum atomic E-state index is 5.96. The molecule has 4 heteroatoms. The van der Waals surface area contributed by atoms with E-state index in [1.165, 1.54) is 5.56 Å². The van der Waals surface area contributed by atoms with Gasteiger partial charge < -0.3 is 19.2 Å². The molecule has 0 aromatic carbocycles. The topological polar surface area (TPSA) is 43.6 Å². The van der Waals surface area contributed by atoms with Crippen LogP contribution in [0.5, 0.6) is 0 Å². The first-order valence-electron chi connectivity index (χ1n) is 7.08. The molecule has 0 saturated carbocycles. The summed E-state index contributed by atoms with van der Waals surface area (Å²) in [6, 6.07) is 2.07. The first-order chi connectivity index (χ1) is 9.08. The van der Waals surface area contributed by atoms with Crippen molar-refractivity contribution in [3.05, 3.63) is 23.2 Å². The summed E-state index contributed by atoms with van der Waals surface area (Å²) >= 11 is 0. The first kappa shape index (κ1) is 14.6. The smallest absolute Gasteiger partial charge is 0.130 e. The Morgan fingerprint density at radius 2 is 2.00 bits per heavy atom. The van der Waals surface area contributed by atoms with E-state index in [4.69, 9.17) is 13.9 Å². The zero-order valence-corrected chi connectivity index (χ0v) is 12.4. The Bertz CT molecular complexity index is 392. The standard InChI is InChI=1S/C15H25NO3/c1-10-5-14(19-15(10)8-16-4)9-17-13-6-11(2)18-12(3)7-13/h5,11-13,16H,6-9H2,1-4H3. The van der Waals surface area contributed by atoms with E-state index < -0.39 is 0 Å². The van der Waals surface area contributed by atoms with Crippen LogP contribution >= 0.6 is 0 Å². The third-order valence-electron chi connectivity index (χ3n) is 3.52. The van der Waals surface area contributed by atoms with E-state index in [9.17, 15) is 0 Å². The number of nitrogens with one attached hydrogen (secondary N) is 1. The number of ether oxygens (including phenoxy) is 2. The molecule has 1 aliphatic heterocycles. The molecule has 1 fully saturated rings. The number of furan rings is 1. The maximum Gasteiger partial charge on any atom is 0.130 e. The van der Waals surface area contributed by atoms with E-state index in [-0.39, 0.29) is 18.3 Å². The monoisotopic (exact) mass is 267 g/mol. The summed E-state index contributed by atoms with van der Waals surface area (Å²) in [5.41, 5.74) is 1.18. The van der Waals surface area contributed by atoms with Crippen LogP contribution in [0.15, 0.2) is 10.5 Å². The summed E-state index contributed by atoms with van der Waals surface area (Å²) in [5, 5.41) is 3.10. The van der Waals surface area contributed by atoms with E-state index in [1.54, 1.807) is 0 Å². The van der Waals surface area contributed by atoms with Crippen molar-refractivity contribution in [2.75, 3.05) is 7.05 Å². The molecule has 2 atom stereocenters. The van der Waals surface area contributed by atoms with Crippen molar-refractivity contribution in [3.8, 4) is 0 Å².